The van der Waals surface area contributed by atoms with Crippen LogP contribution in [0.25, 0.3) is 0 Å². The molecule has 2 unspecified atom stereocenters. The van der Waals surface area contributed by atoms with E-state index in [0.29, 0.717) is 0 Å². The molecule has 1 N–H and O–H groups in total. The van der Waals surface area contributed by atoms with Gasteiger partial charge in [-0.05, 0) is 27.2 Å². The third-order valence-corrected chi connectivity index (χ3v) is 5.02. The summed E-state index contributed by atoms with van der Waals surface area (Å²) in [7, 11) is 3.24. The maximum absolute atomic E-state index is 15.0. The summed E-state index contributed by atoms with van der Waals surface area (Å²) in [5, 5.41) is 3.07. The molecule has 0 aromatic heterocycles. The van der Waals surface area contributed by atoms with Gasteiger partial charge in [0.05, 0.1) is 6.34 Å². The van der Waals surface area contributed by atoms with Gasteiger partial charge in [0.1, 0.15) is 12.2 Å². The van der Waals surface area contributed by atoms with Gasteiger partial charge in [0.2, 0.25) is 6.41 Å². The van der Waals surface area contributed by atoms with Gasteiger partial charge in [0.15, 0.2) is 0 Å². The van der Waals surface area contributed by atoms with Crippen molar-refractivity contribution >= 4 is 6.34 Å². The van der Waals surface area contributed by atoms with E-state index in [1.54, 1.807) is 20.6 Å². The van der Waals surface area contributed by atoms with E-state index in [4.69, 9.17) is 9.47 Å². The molecule has 0 aliphatic carbocycles. The van der Waals surface area contributed by atoms with Crippen LogP contribution in [0.2, 0.25) is 0 Å². The van der Waals surface area contributed by atoms with E-state index >= 15 is 4.39 Å². The van der Waals surface area contributed by atoms with Gasteiger partial charge in [0.25, 0.3) is 0 Å². The molecule has 6 atom stereocenters. The van der Waals surface area contributed by atoms with Crippen LogP contribution in [-0.2, 0) is 9.47 Å². The quantitative estimate of drug-likeness (QED) is 0.625. The summed E-state index contributed by atoms with van der Waals surface area (Å²) in [5.74, 6) is -0.188. The highest BCUT2D eigenvalue weighted by atomic mass is 19.1. The molecular weight excluding hydrogens is 297 g/mol. The number of hydrogen-bond donors (Lipinski definition) is 1. The fourth-order valence-electron chi connectivity index (χ4n) is 3.39. The molecule has 0 radical (unpaired) electrons. The maximum Gasteiger partial charge on any atom is 0.218 e. The summed E-state index contributed by atoms with van der Waals surface area (Å²) in [6.07, 6.45) is 2.20. The molecule has 0 aromatic carbocycles. The van der Waals surface area contributed by atoms with Gasteiger partial charge in [0, 0.05) is 38.3 Å². The molecule has 0 bridgehead atoms. The number of halogens is 1. The van der Waals surface area contributed by atoms with Crippen molar-refractivity contribution in [3.8, 4) is 0 Å². The van der Waals surface area contributed by atoms with Crippen LogP contribution >= 0.6 is 0 Å². The average Bonchev–Trinajstić information content (AvgIpc) is 2.96. The van der Waals surface area contributed by atoms with E-state index in [1.165, 1.54) is 0 Å². The zero-order valence-corrected chi connectivity index (χ0v) is 15.6. The van der Waals surface area contributed by atoms with Crippen LogP contribution in [0.3, 0.4) is 0 Å². The number of aliphatic imine (C=N–C) groups is 1. The van der Waals surface area contributed by atoms with Gasteiger partial charge in [-0.1, -0.05) is 20.3 Å². The Morgan fingerprint density at radius 1 is 1.26 bits per heavy atom. The Morgan fingerprint density at radius 3 is 2.30 bits per heavy atom. The first kappa shape index (κ1) is 20.3. The van der Waals surface area contributed by atoms with E-state index in [2.05, 4.69) is 29.1 Å². The van der Waals surface area contributed by atoms with Gasteiger partial charge in [-0.2, -0.15) is 0 Å². The number of nitrogens with zero attached hydrogens (tertiary/aromatic N) is 2. The van der Waals surface area contributed by atoms with E-state index in [-0.39, 0.29) is 30.1 Å². The summed E-state index contributed by atoms with van der Waals surface area (Å²) in [5.41, 5.74) is 0. The standard InChI is InChI=1S/C17H34FN3O2/c1-8-9-11(2)21(17(22-6)23-7)14(5)12(3)15(18)16-13(4)19-10-20-16/h10-17H,8-9H2,1-7H3,(H,19,20)/t11-,12+,13?,14+,15+,16?/m1/s1. The fraction of sp³-hybridized carbons (Fsp3) is 0.941. The van der Waals surface area contributed by atoms with Crippen LogP contribution in [-0.4, -0.2) is 62.2 Å². The second-order valence-corrected chi connectivity index (χ2v) is 6.63. The lowest BCUT2D eigenvalue weighted by Crippen LogP contribution is -2.54. The fourth-order valence-corrected chi connectivity index (χ4v) is 3.39. The molecule has 1 heterocycles. The second kappa shape index (κ2) is 9.55. The van der Waals surface area contributed by atoms with Crippen molar-refractivity contribution in [1.82, 2.24) is 10.2 Å². The summed E-state index contributed by atoms with van der Waals surface area (Å²) in [4.78, 5) is 6.39. The zero-order valence-electron chi connectivity index (χ0n) is 15.6. The molecule has 5 nitrogen and oxygen atoms in total. The molecule has 1 aliphatic heterocycles. The Morgan fingerprint density at radius 2 is 1.87 bits per heavy atom. The van der Waals surface area contributed by atoms with Crippen LogP contribution in [0, 0.1) is 5.92 Å². The van der Waals surface area contributed by atoms with Crippen LogP contribution < -0.4 is 5.32 Å². The minimum atomic E-state index is -1.02. The predicted octanol–water partition coefficient (Wildman–Crippen LogP) is 2.80. The van der Waals surface area contributed by atoms with Crippen molar-refractivity contribution in [2.75, 3.05) is 14.2 Å². The highest BCUT2D eigenvalue weighted by molar-refractivity contribution is 5.58. The Balaban J connectivity index is 2.88. The summed E-state index contributed by atoms with van der Waals surface area (Å²) < 4.78 is 26.0. The molecule has 0 aromatic rings. The number of ether oxygens (including phenoxy) is 2. The van der Waals surface area contributed by atoms with Gasteiger partial charge in [-0.3, -0.25) is 4.99 Å². The molecular formula is C17H34FN3O2. The molecule has 136 valence electrons. The molecule has 0 saturated heterocycles. The first-order valence-corrected chi connectivity index (χ1v) is 8.63. The van der Waals surface area contributed by atoms with Gasteiger partial charge in [-0.25, -0.2) is 9.29 Å². The predicted molar refractivity (Wildman–Crippen MR) is 92.4 cm³/mol. The van der Waals surface area contributed by atoms with Crippen molar-refractivity contribution in [3.63, 3.8) is 0 Å². The Labute approximate surface area is 140 Å². The second-order valence-electron chi connectivity index (χ2n) is 6.63. The van der Waals surface area contributed by atoms with Crippen LogP contribution in [0.5, 0.6) is 0 Å². The largest absolute Gasteiger partial charge is 0.372 e. The number of hydrogen-bond acceptors (Lipinski definition) is 5. The molecule has 23 heavy (non-hydrogen) atoms. The van der Waals surface area contributed by atoms with Crippen LogP contribution in [0.4, 0.5) is 4.39 Å². The van der Waals surface area contributed by atoms with Crippen molar-refractivity contribution in [1.29, 1.82) is 0 Å². The molecule has 1 rings (SSSR count). The number of alkyl halides is 1. The van der Waals surface area contributed by atoms with Gasteiger partial charge in [-0.15, -0.1) is 0 Å². The molecule has 1 aliphatic rings. The summed E-state index contributed by atoms with van der Waals surface area (Å²) in [6, 6.07) is -0.0854. The first-order valence-electron chi connectivity index (χ1n) is 8.63. The van der Waals surface area contributed by atoms with E-state index < -0.39 is 12.6 Å². The molecule has 0 amide bonds. The molecule has 0 spiro atoms. The lowest BCUT2D eigenvalue weighted by atomic mass is 9.89. The van der Waals surface area contributed by atoms with E-state index in [0.717, 1.165) is 12.8 Å². The average molecular weight is 331 g/mol. The van der Waals surface area contributed by atoms with E-state index in [1.807, 2.05) is 20.8 Å². The molecule has 0 saturated carbocycles. The SMILES string of the molecule is CCC[C@@H](C)N(C(OC)OC)[C@@H](C)[C@H](C)[C@H](F)C1N=CNC1C. The lowest BCUT2D eigenvalue weighted by Gasteiger charge is -2.42. The first-order chi connectivity index (χ1) is 10.9. The van der Waals surface area contributed by atoms with Crippen molar-refractivity contribution in [3.05, 3.63) is 0 Å². The van der Waals surface area contributed by atoms with Crippen molar-refractivity contribution in [2.45, 2.75) is 84.2 Å². The third kappa shape index (κ3) is 4.88. The number of nitrogens with one attached hydrogen (secondary N) is 1. The molecule has 0 fully saturated rings. The van der Waals surface area contributed by atoms with Gasteiger partial charge >= 0.3 is 0 Å². The normalized spacial score (nSPS) is 26.3. The molecule has 6 heteroatoms. The Hall–Kier alpha value is -0.720. The lowest BCUT2D eigenvalue weighted by molar-refractivity contribution is -0.225. The Bertz CT molecular complexity index is 366. The van der Waals surface area contributed by atoms with Crippen molar-refractivity contribution in [2.24, 2.45) is 10.9 Å². The topological polar surface area (TPSA) is 46.1 Å². The highest BCUT2D eigenvalue weighted by Crippen LogP contribution is 2.28. The highest BCUT2D eigenvalue weighted by Gasteiger charge is 2.39. The Kier molecular flexibility index (Phi) is 8.44. The summed E-state index contributed by atoms with van der Waals surface area (Å²) >= 11 is 0. The number of rotatable bonds is 10. The van der Waals surface area contributed by atoms with Gasteiger partial charge < -0.3 is 14.8 Å². The number of methoxy groups -OCH3 is 2. The smallest absolute Gasteiger partial charge is 0.218 e. The third-order valence-electron chi connectivity index (χ3n) is 5.02. The minimum absolute atomic E-state index is 0.0283. The maximum atomic E-state index is 15.0. The van der Waals surface area contributed by atoms with Crippen LogP contribution in [0.1, 0.15) is 47.5 Å². The summed E-state index contributed by atoms with van der Waals surface area (Å²) in [6.45, 7) is 10.3. The minimum Gasteiger partial charge on any atom is -0.372 e. The van der Waals surface area contributed by atoms with E-state index in [9.17, 15) is 0 Å². The monoisotopic (exact) mass is 331 g/mol. The zero-order chi connectivity index (χ0) is 17.6. The van der Waals surface area contributed by atoms with Crippen molar-refractivity contribution < 1.29 is 13.9 Å². The van der Waals surface area contributed by atoms with Crippen LogP contribution in [0.15, 0.2) is 4.99 Å².